The van der Waals surface area contributed by atoms with Crippen LogP contribution in [0, 0.1) is 0 Å². The average molecular weight is 259 g/mol. The van der Waals surface area contributed by atoms with Crippen LogP contribution in [0.5, 0.6) is 5.88 Å². The van der Waals surface area contributed by atoms with Gasteiger partial charge in [-0.2, -0.15) is 0 Å². The van der Waals surface area contributed by atoms with E-state index in [0.29, 0.717) is 17.4 Å². The molecule has 19 heavy (non-hydrogen) atoms. The molecule has 2 aromatic heterocycles. The molecule has 0 aromatic carbocycles. The van der Waals surface area contributed by atoms with E-state index in [9.17, 15) is 4.79 Å². The molecule has 0 aliphatic rings. The van der Waals surface area contributed by atoms with E-state index in [0.717, 1.165) is 5.69 Å². The standard InChI is InChI=1S/C14H17N3O2/c1-14(2,3)10-8-11(18)17-13(16-10)9-6-5-7-12(15-9)19-4/h5-8H,1-4H3,(H,16,17,18). The van der Waals surface area contributed by atoms with Crippen LogP contribution in [-0.4, -0.2) is 22.1 Å². The van der Waals surface area contributed by atoms with Gasteiger partial charge in [0.1, 0.15) is 5.69 Å². The van der Waals surface area contributed by atoms with Crippen LogP contribution in [-0.2, 0) is 5.41 Å². The molecule has 0 aliphatic carbocycles. The average Bonchev–Trinajstić information content (AvgIpc) is 2.37. The van der Waals surface area contributed by atoms with Crippen LogP contribution in [0.4, 0.5) is 0 Å². The smallest absolute Gasteiger partial charge is 0.251 e. The molecule has 0 unspecified atom stereocenters. The molecule has 0 saturated heterocycles. The SMILES string of the molecule is COc1cccc(-c2nc(C(C)(C)C)cc(=O)[nH]2)n1. The third kappa shape index (κ3) is 2.99. The van der Waals surface area contributed by atoms with Crippen LogP contribution in [0.25, 0.3) is 11.5 Å². The number of nitrogens with one attached hydrogen (secondary N) is 1. The lowest BCUT2D eigenvalue weighted by Crippen LogP contribution is -2.20. The molecule has 0 atom stereocenters. The van der Waals surface area contributed by atoms with Crippen LogP contribution in [0.2, 0.25) is 0 Å². The van der Waals surface area contributed by atoms with Gasteiger partial charge in [-0.25, -0.2) is 9.97 Å². The van der Waals surface area contributed by atoms with Crippen molar-refractivity contribution >= 4 is 0 Å². The molecule has 0 radical (unpaired) electrons. The first-order valence-electron chi connectivity index (χ1n) is 6.03. The third-order valence-electron chi connectivity index (χ3n) is 2.69. The highest BCUT2D eigenvalue weighted by Gasteiger charge is 2.17. The van der Waals surface area contributed by atoms with Crippen LogP contribution >= 0.6 is 0 Å². The maximum Gasteiger partial charge on any atom is 0.251 e. The molecule has 0 aliphatic heterocycles. The maximum atomic E-state index is 11.7. The first-order chi connectivity index (χ1) is 8.90. The monoisotopic (exact) mass is 259 g/mol. The van der Waals surface area contributed by atoms with Gasteiger partial charge in [0.2, 0.25) is 5.88 Å². The third-order valence-corrected chi connectivity index (χ3v) is 2.69. The number of nitrogens with zero attached hydrogens (tertiary/aromatic N) is 2. The number of hydrogen-bond donors (Lipinski definition) is 1. The van der Waals surface area contributed by atoms with Gasteiger partial charge in [0, 0.05) is 17.5 Å². The number of rotatable bonds is 2. The van der Waals surface area contributed by atoms with Crippen molar-refractivity contribution in [1.82, 2.24) is 15.0 Å². The summed E-state index contributed by atoms with van der Waals surface area (Å²) in [5.74, 6) is 0.942. The van der Waals surface area contributed by atoms with E-state index in [2.05, 4.69) is 15.0 Å². The fraction of sp³-hybridized carbons (Fsp3) is 0.357. The summed E-state index contributed by atoms with van der Waals surface area (Å²) in [4.78, 5) is 23.2. The van der Waals surface area contributed by atoms with E-state index in [1.54, 1.807) is 19.2 Å². The van der Waals surface area contributed by atoms with Crippen molar-refractivity contribution in [2.75, 3.05) is 7.11 Å². The van der Waals surface area contributed by atoms with E-state index < -0.39 is 0 Å². The van der Waals surface area contributed by atoms with E-state index in [1.165, 1.54) is 6.07 Å². The van der Waals surface area contributed by atoms with E-state index in [4.69, 9.17) is 4.74 Å². The van der Waals surface area contributed by atoms with E-state index in [-0.39, 0.29) is 11.0 Å². The van der Waals surface area contributed by atoms with Gasteiger partial charge in [0.25, 0.3) is 5.56 Å². The number of hydrogen-bond acceptors (Lipinski definition) is 4. The van der Waals surface area contributed by atoms with Crippen molar-refractivity contribution in [3.05, 3.63) is 40.3 Å². The van der Waals surface area contributed by atoms with E-state index >= 15 is 0 Å². The molecule has 1 N–H and O–H groups in total. The summed E-state index contributed by atoms with van der Waals surface area (Å²) in [6, 6.07) is 6.86. The van der Waals surface area contributed by atoms with Crippen LogP contribution in [0.15, 0.2) is 29.1 Å². The molecule has 0 bridgehead atoms. The number of ether oxygens (including phenoxy) is 1. The zero-order valence-corrected chi connectivity index (χ0v) is 11.5. The Morgan fingerprint density at radius 2 is 1.95 bits per heavy atom. The highest BCUT2D eigenvalue weighted by molar-refractivity contribution is 5.50. The fourth-order valence-corrected chi connectivity index (χ4v) is 1.62. The minimum atomic E-state index is -0.193. The zero-order valence-electron chi connectivity index (χ0n) is 11.5. The minimum Gasteiger partial charge on any atom is -0.481 e. The molecule has 5 nitrogen and oxygen atoms in total. The summed E-state index contributed by atoms with van der Waals surface area (Å²) < 4.78 is 5.07. The summed E-state index contributed by atoms with van der Waals surface area (Å²) in [5.41, 5.74) is 0.944. The molecule has 100 valence electrons. The largest absolute Gasteiger partial charge is 0.481 e. The van der Waals surface area contributed by atoms with Gasteiger partial charge in [0.15, 0.2) is 5.82 Å². The quantitative estimate of drug-likeness (QED) is 0.897. The number of aromatic nitrogens is 3. The first-order valence-corrected chi connectivity index (χ1v) is 6.03. The van der Waals surface area contributed by atoms with Crippen LogP contribution in [0.3, 0.4) is 0 Å². The summed E-state index contributed by atoms with van der Waals surface area (Å²) in [7, 11) is 1.55. The minimum absolute atomic E-state index is 0.181. The highest BCUT2D eigenvalue weighted by Crippen LogP contribution is 2.21. The Morgan fingerprint density at radius 3 is 2.58 bits per heavy atom. The van der Waals surface area contributed by atoms with Crippen molar-refractivity contribution in [3.8, 4) is 17.4 Å². The molecular weight excluding hydrogens is 242 g/mol. The molecular formula is C14H17N3O2. The molecule has 0 amide bonds. The topological polar surface area (TPSA) is 67.9 Å². The van der Waals surface area contributed by atoms with Gasteiger partial charge < -0.3 is 9.72 Å². The Balaban J connectivity index is 2.56. The Bertz CT molecular complexity index is 642. The number of pyridine rings is 1. The van der Waals surface area contributed by atoms with Gasteiger partial charge in [-0.15, -0.1) is 0 Å². The van der Waals surface area contributed by atoms with E-state index in [1.807, 2.05) is 26.8 Å². The molecule has 2 rings (SSSR count). The second kappa shape index (κ2) is 4.84. The first kappa shape index (κ1) is 13.3. The van der Waals surface area contributed by atoms with Crippen molar-refractivity contribution in [2.24, 2.45) is 0 Å². The van der Waals surface area contributed by atoms with Crippen molar-refractivity contribution in [1.29, 1.82) is 0 Å². The Hall–Kier alpha value is -2.17. The maximum absolute atomic E-state index is 11.7. The summed E-state index contributed by atoms with van der Waals surface area (Å²) in [6.45, 7) is 6.03. The molecule has 0 spiro atoms. The number of H-pyrrole nitrogens is 1. The van der Waals surface area contributed by atoms with Gasteiger partial charge in [-0.1, -0.05) is 26.8 Å². The predicted molar refractivity (Wildman–Crippen MR) is 73.3 cm³/mol. The molecule has 2 heterocycles. The van der Waals surface area contributed by atoms with Crippen LogP contribution < -0.4 is 10.3 Å². The summed E-state index contributed by atoms with van der Waals surface area (Å²) in [6.07, 6.45) is 0. The second-order valence-electron chi connectivity index (χ2n) is 5.29. The highest BCUT2D eigenvalue weighted by atomic mass is 16.5. The lowest BCUT2D eigenvalue weighted by atomic mass is 9.92. The molecule has 0 fully saturated rings. The normalized spacial score (nSPS) is 11.4. The number of aromatic amines is 1. The molecule has 5 heteroatoms. The lowest BCUT2D eigenvalue weighted by Gasteiger charge is -2.17. The van der Waals surface area contributed by atoms with Gasteiger partial charge in [-0.3, -0.25) is 4.79 Å². The second-order valence-corrected chi connectivity index (χ2v) is 5.29. The zero-order chi connectivity index (χ0) is 14.0. The number of methoxy groups -OCH3 is 1. The Kier molecular flexibility index (Phi) is 3.38. The van der Waals surface area contributed by atoms with Crippen molar-refractivity contribution < 1.29 is 4.74 Å². The lowest BCUT2D eigenvalue weighted by molar-refractivity contribution is 0.398. The molecule has 0 saturated carbocycles. The van der Waals surface area contributed by atoms with Gasteiger partial charge in [0.05, 0.1) is 12.8 Å². The van der Waals surface area contributed by atoms with Crippen LogP contribution in [0.1, 0.15) is 26.5 Å². The van der Waals surface area contributed by atoms with Crippen molar-refractivity contribution in [2.45, 2.75) is 26.2 Å². The predicted octanol–water partition coefficient (Wildman–Crippen LogP) is 2.14. The summed E-state index contributed by atoms with van der Waals surface area (Å²) in [5, 5.41) is 0. The Morgan fingerprint density at radius 1 is 1.21 bits per heavy atom. The Labute approximate surface area is 111 Å². The van der Waals surface area contributed by atoms with Crippen molar-refractivity contribution in [3.63, 3.8) is 0 Å². The van der Waals surface area contributed by atoms with Gasteiger partial charge in [-0.05, 0) is 6.07 Å². The molecule has 2 aromatic rings. The summed E-state index contributed by atoms with van der Waals surface area (Å²) >= 11 is 0. The van der Waals surface area contributed by atoms with Gasteiger partial charge >= 0.3 is 0 Å². The fourth-order valence-electron chi connectivity index (χ4n) is 1.62.